The molecule has 4 aromatic rings. The molecular weight excluding hydrogens is 324 g/mol. The molecule has 26 heavy (non-hydrogen) atoms. The minimum absolute atomic E-state index is 0.00344. The summed E-state index contributed by atoms with van der Waals surface area (Å²) >= 11 is 0. The predicted octanol–water partition coefficient (Wildman–Crippen LogP) is 3.34. The summed E-state index contributed by atoms with van der Waals surface area (Å²) in [5.74, 6) is 0.827. The van der Waals surface area contributed by atoms with Gasteiger partial charge in [-0.25, -0.2) is 4.98 Å². The second-order valence-corrected chi connectivity index (χ2v) is 6.58. The van der Waals surface area contributed by atoms with E-state index in [1.54, 1.807) is 11.6 Å². The Labute approximate surface area is 151 Å². The van der Waals surface area contributed by atoms with E-state index in [0.717, 1.165) is 22.4 Å². The molecule has 0 atom stereocenters. The first-order chi connectivity index (χ1) is 12.5. The van der Waals surface area contributed by atoms with Crippen molar-refractivity contribution in [3.8, 4) is 11.4 Å². The van der Waals surface area contributed by atoms with Crippen LogP contribution in [-0.4, -0.2) is 14.1 Å². The van der Waals surface area contributed by atoms with Crippen LogP contribution in [0.15, 0.2) is 65.6 Å². The number of nitrogen functional groups attached to an aromatic ring is 1. The van der Waals surface area contributed by atoms with Gasteiger partial charge in [-0.15, -0.1) is 0 Å². The van der Waals surface area contributed by atoms with Crippen molar-refractivity contribution in [3.63, 3.8) is 0 Å². The third kappa shape index (κ3) is 2.77. The molecular formula is C21H20N4O. The number of aryl methyl sites for hydroxylation is 2. The summed E-state index contributed by atoms with van der Waals surface area (Å²) in [4.78, 5) is 16.9. The normalized spacial score (nSPS) is 11.2. The Morgan fingerprint density at radius 1 is 1.08 bits per heavy atom. The van der Waals surface area contributed by atoms with E-state index in [2.05, 4.69) is 16.7 Å². The lowest BCUT2D eigenvalue weighted by Crippen LogP contribution is -2.18. The molecule has 0 amide bonds. The molecule has 0 aliphatic rings. The van der Waals surface area contributed by atoms with E-state index < -0.39 is 0 Å². The Morgan fingerprint density at radius 2 is 1.85 bits per heavy atom. The predicted molar refractivity (Wildman–Crippen MR) is 105 cm³/mol. The second-order valence-electron chi connectivity index (χ2n) is 6.58. The van der Waals surface area contributed by atoms with Crippen LogP contribution in [0.3, 0.4) is 0 Å². The smallest absolute Gasteiger partial charge is 0.253 e. The number of hydrogen-bond acceptors (Lipinski definition) is 3. The topological polar surface area (TPSA) is 65.8 Å². The molecule has 2 N–H and O–H groups in total. The molecule has 0 radical (unpaired) electrons. The number of rotatable bonds is 3. The molecule has 5 nitrogen and oxygen atoms in total. The molecule has 0 bridgehead atoms. The van der Waals surface area contributed by atoms with Crippen LogP contribution in [0.4, 0.5) is 5.69 Å². The average Bonchev–Trinajstić information content (AvgIpc) is 2.97. The molecule has 5 heteroatoms. The lowest BCUT2D eigenvalue weighted by Gasteiger charge is -2.11. The van der Waals surface area contributed by atoms with Gasteiger partial charge in [-0.3, -0.25) is 4.79 Å². The molecule has 0 aliphatic carbocycles. The summed E-state index contributed by atoms with van der Waals surface area (Å²) in [6.07, 6.45) is 1.83. The number of imidazole rings is 1. The molecule has 130 valence electrons. The molecule has 0 spiro atoms. The molecule has 2 aromatic heterocycles. The van der Waals surface area contributed by atoms with Crippen LogP contribution in [0, 0.1) is 6.92 Å². The van der Waals surface area contributed by atoms with Crippen molar-refractivity contribution in [2.75, 3.05) is 5.73 Å². The Balaban J connectivity index is 1.96. The van der Waals surface area contributed by atoms with Gasteiger partial charge in [0, 0.05) is 36.6 Å². The van der Waals surface area contributed by atoms with Gasteiger partial charge < -0.3 is 14.9 Å². The van der Waals surface area contributed by atoms with Crippen molar-refractivity contribution in [1.82, 2.24) is 14.1 Å². The van der Waals surface area contributed by atoms with Crippen LogP contribution >= 0.6 is 0 Å². The van der Waals surface area contributed by atoms with E-state index in [4.69, 9.17) is 10.7 Å². The SMILES string of the molecule is Cc1cc(-c2nc3cc(N)ccc3n2Cc2ccccc2)cn(C)c1=O. The van der Waals surface area contributed by atoms with Gasteiger partial charge in [-0.2, -0.15) is 0 Å². The zero-order valence-corrected chi connectivity index (χ0v) is 14.8. The third-order valence-electron chi connectivity index (χ3n) is 4.58. The van der Waals surface area contributed by atoms with Crippen LogP contribution in [0.2, 0.25) is 0 Å². The van der Waals surface area contributed by atoms with Gasteiger partial charge >= 0.3 is 0 Å². The van der Waals surface area contributed by atoms with E-state index >= 15 is 0 Å². The van der Waals surface area contributed by atoms with Crippen LogP contribution in [0.1, 0.15) is 11.1 Å². The standard InChI is InChI=1S/C21H20N4O/c1-14-10-16(13-24(2)21(14)26)20-23-18-11-17(22)8-9-19(18)25(20)12-15-6-4-3-5-7-15/h3-11,13H,12,22H2,1-2H3. The highest BCUT2D eigenvalue weighted by Crippen LogP contribution is 2.27. The summed E-state index contributed by atoms with van der Waals surface area (Å²) in [7, 11) is 1.76. The lowest BCUT2D eigenvalue weighted by atomic mass is 10.2. The Hall–Kier alpha value is -3.34. The van der Waals surface area contributed by atoms with Gasteiger partial charge in [0.05, 0.1) is 11.0 Å². The van der Waals surface area contributed by atoms with Gasteiger partial charge in [0.25, 0.3) is 5.56 Å². The minimum atomic E-state index is 0.00344. The number of fused-ring (bicyclic) bond motifs is 1. The Morgan fingerprint density at radius 3 is 2.58 bits per heavy atom. The first-order valence-corrected chi connectivity index (χ1v) is 8.50. The fourth-order valence-corrected chi connectivity index (χ4v) is 3.29. The highest BCUT2D eigenvalue weighted by molar-refractivity contribution is 5.83. The van der Waals surface area contributed by atoms with Gasteiger partial charge in [0.15, 0.2) is 0 Å². The number of nitrogens with two attached hydrogens (primary N) is 1. The van der Waals surface area contributed by atoms with Crippen LogP contribution in [0.5, 0.6) is 0 Å². The molecule has 2 aromatic carbocycles. The molecule has 0 unspecified atom stereocenters. The second kappa shape index (κ2) is 6.19. The Bertz CT molecular complexity index is 1130. The molecule has 0 saturated carbocycles. The van der Waals surface area contributed by atoms with E-state index in [1.807, 2.05) is 55.6 Å². The van der Waals surface area contributed by atoms with Crippen molar-refractivity contribution in [2.24, 2.45) is 7.05 Å². The third-order valence-corrected chi connectivity index (χ3v) is 4.58. The average molecular weight is 344 g/mol. The van der Waals surface area contributed by atoms with Crippen LogP contribution in [-0.2, 0) is 13.6 Å². The maximum Gasteiger partial charge on any atom is 0.253 e. The zero-order valence-electron chi connectivity index (χ0n) is 14.8. The van der Waals surface area contributed by atoms with E-state index in [0.29, 0.717) is 17.8 Å². The quantitative estimate of drug-likeness (QED) is 0.580. The van der Waals surface area contributed by atoms with E-state index in [-0.39, 0.29) is 5.56 Å². The van der Waals surface area contributed by atoms with Crippen molar-refractivity contribution in [3.05, 3.63) is 82.3 Å². The first kappa shape index (κ1) is 16.1. The van der Waals surface area contributed by atoms with Crippen molar-refractivity contribution < 1.29 is 0 Å². The number of anilines is 1. The van der Waals surface area contributed by atoms with Crippen LogP contribution < -0.4 is 11.3 Å². The number of pyridine rings is 1. The maximum atomic E-state index is 12.1. The molecule has 0 saturated heterocycles. The fraction of sp³-hybridized carbons (Fsp3) is 0.143. The zero-order chi connectivity index (χ0) is 18.3. The summed E-state index contributed by atoms with van der Waals surface area (Å²) in [6, 6.07) is 17.9. The van der Waals surface area contributed by atoms with E-state index in [1.165, 1.54) is 5.56 Å². The van der Waals surface area contributed by atoms with Crippen molar-refractivity contribution in [1.29, 1.82) is 0 Å². The summed E-state index contributed by atoms with van der Waals surface area (Å²) < 4.78 is 3.77. The summed E-state index contributed by atoms with van der Waals surface area (Å²) in [6.45, 7) is 2.52. The molecule has 2 heterocycles. The molecule has 0 fully saturated rings. The Kier molecular flexibility index (Phi) is 3.84. The maximum absolute atomic E-state index is 12.1. The molecule has 4 rings (SSSR count). The first-order valence-electron chi connectivity index (χ1n) is 8.50. The lowest BCUT2D eigenvalue weighted by molar-refractivity contribution is 0.819. The summed E-state index contributed by atoms with van der Waals surface area (Å²) in [5, 5.41) is 0. The van der Waals surface area contributed by atoms with Gasteiger partial charge in [-0.05, 0) is 36.8 Å². The monoisotopic (exact) mass is 344 g/mol. The van der Waals surface area contributed by atoms with Crippen LogP contribution in [0.25, 0.3) is 22.4 Å². The number of aromatic nitrogens is 3. The van der Waals surface area contributed by atoms with Crippen molar-refractivity contribution >= 4 is 16.7 Å². The highest BCUT2D eigenvalue weighted by Gasteiger charge is 2.15. The van der Waals surface area contributed by atoms with Gasteiger partial charge in [-0.1, -0.05) is 30.3 Å². The van der Waals surface area contributed by atoms with Gasteiger partial charge in [0.1, 0.15) is 5.82 Å². The van der Waals surface area contributed by atoms with E-state index in [9.17, 15) is 4.79 Å². The minimum Gasteiger partial charge on any atom is -0.399 e. The van der Waals surface area contributed by atoms with Crippen molar-refractivity contribution in [2.45, 2.75) is 13.5 Å². The fourth-order valence-electron chi connectivity index (χ4n) is 3.29. The largest absolute Gasteiger partial charge is 0.399 e. The number of hydrogen-bond donors (Lipinski definition) is 1. The summed E-state index contributed by atoms with van der Waals surface area (Å²) in [5.41, 5.74) is 11.3. The van der Waals surface area contributed by atoms with Gasteiger partial charge in [0.2, 0.25) is 0 Å². The molecule has 0 aliphatic heterocycles. The number of nitrogens with zero attached hydrogens (tertiary/aromatic N) is 3. The highest BCUT2D eigenvalue weighted by atomic mass is 16.1. The number of benzene rings is 2.